The lowest BCUT2D eigenvalue weighted by Gasteiger charge is -2.12. The third-order valence-electron chi connectivity index (χ3n) is 2.12. The molecule has 0 aliphatic rings. The van der Waals surface area contributed by atoms with E-state index in [9.17, 15) is 4.79 Å². The first-order valence-electron chi connectivity index (χ1n) is 4.82. The molecule has 1 heterocycles. The molecule has 1 amide bonds. The lowest BCUT2D eigenvalue weighted by atomic mass is 10.2. The van der Waals surface area contributed by atoms with Crippen LogP contribution in [0.25, 0.3) is 0 Å². The number of nitrogens with one attached hydrogen (secondary N) is 2. The third-order valence-corrected chi connectivity index (χ3v) is 4.17. The van der Waals surface area contributed by atoms with E-state index in [0.29, 0.717) is 13.0 Å². The van der Waals surface area contributed by atoms with Crippen molar-refractivity contribution in [3.05, 3.63) is 20.8 Å². The first kappa shape index (κ1) is 12.7. The highest BCUT2D eigenvalue weighted by Crippen LogP contribution is 2.28. The van der Waals surface area contributed by atoms with Gasteiger partial charge >= 0.3 is 0 Å². The summed E-state index contributed by atoms with van der Waals surface area (Å²) in [6, 6.07) is 2.32. The van der Waals surface area contributed by atoms with Crippen molar-refractivity contribution in [3.8, 4) is 0 Å². The Bertz CT molecular complexity index is 327. The highest BCUT2D eigenvalue weighted by molar-refractivity contribution is 9.10. The van der Waals surface area contributed by atoms with Crippen LogP contribution in [-0.2, 0) is 4.79 Å². The van der Waals surface area contributed by atoms with Crippen molar-refractivity contribution in [1.29, 1.82) is 0 Å². The fourth-order valence-electron chi connectivity index (χ4n) is 1.23. The average molecular weight is 291 g/mol. The summed E-state index contributed by atoms with van der Waals surface area (Å²) in [5.41, 5.74) is 0. The van der Waals surface area contributed by atoms with Crippen LogP contribution in [0.5, 0.6) is 0 Å². The molecule has 1 rings (SSSR count). The van der Waals surface area contributed by atoms with Crippen LogP contribution >= 0.6 is 27.3 Å². The van der Waals surface area contributed by atoms with Crippen LogP contribution in [0.3, 0.4) is 0 Å². The Morgan fingerprint density at radius 1 is 1.67 bits per heavy atom. The van der Waals surface area contributed by atoms with Crippen LogP contribution in [0.4, 0.5) is 0 Å². The van der Waals surface area contributed by atoms with E-state index >= 15 is 0 Å². The van der Waals surface area contributed by atoms with E-state index in [1.807, 2.05) is 6.07 Å². The Hall–Kier alpha value is -0.390. The maximum absolute atomic E-state index is 11.0. The Kier molecular flexibility index (Phi) is 5.28. The van der Waals surface area contributed by atoms with Gasteiger partial charge in [0.05, 0.1) is 0 Å². The number of amides is 1. The van der Waals surface area contributed by atoms with Crippen molar-refractivity contribution in [1.82, 2.24) is 10.6 Å². The lowest BCUT2D eigenvalue weighted by Crippen LogP contribution is -2.26. The van der Waals surface area contributed by atoms with E-state index < -0.39 is 0 Å². The molecule has 0 fully saturated rings. The molecular weight excluding hydrogens is 276 g/mol. The van der Waals surface area contributed by atoms with E-state index in [0.717, 1.165) is 4.47 Å². The highest BCUT2D eigenvalue weighted by atomic mass is 79.9. The van der Waals surface area contributed by atoms with Crippen molar-refractivity contribution >= 4 is 33.2 Å². The molecule has 1 unspecified atom stereocenters. The van der Waals surface area contributed by atoms with Crippen LogP contribution in [0, 0.1) is 0 Å². The minimum atomic E-state index is 0.0694. The minimum Gasteiger partial charge on any atom is -0.359 e. The van der Waals surface area contributed by atoms with Gasteiger partial charge in [-0.05, 0) is 34.3 Å². The van der Waals surface area contributed by atoms with Crippen LogP contribution < -0.4 is 10.6 Å². The number of hydrogen-bond acceptors (Lipinski definition) is 3. The van der Waals surface area contributed by atoms with Crippen LogP contribution in [0.1, 0.15) is 24.3 Å². The molecule has 3 nitrogen and oxygen atoms in total. The number of carbonyl (C=O) groups is 1. The van der Waals surface area contributed by atoms with Gasteiger partial charge in [-0.1, -0.05) is 0 Å². The van der Waals surface area contributed by atoms with Crippen molar-refractivity contribution in [2.24, 2.45) is 0 Å². The molecule has 1 aromatic heterocycles. The molecule has 0 bridgehead atoms. The van der Waals surface area contributed by atoms with Gasteiger partial charge in [-0.3, -0.25) is 4.79 Å². The van der Waals surface area contributed by atoms with E-state index in [2.05, 4.69) is 38.9 Å². The molecule has 2 N–H and O–H groups in total. The molecule has 1 aromatic rings. The van der Waals surface area contributed by atoms with Crippen molar-refractivity contribution < 1.29 is 4.79 Å². The second-order valence-electron chi connectivity index (χ2n) is 3.23. The Morgan fingerprint density at radius 3 is 2.93 bits per heavy atom. The highest BCUT2D eigenvalue weighted by Gasteiger charge is 2.10. The zero-order chi connectivity index (χ0) is 11.3. The maximum Gasteiger partial charge on any atom is 0.221 e. The minimum absolute atomic E-state index is 0.0694. The molecule has 5 heteroatoms. The SMILES string of the molecule is CNC(=O)CCNC(C)c1sccc1Br. The number of thiophene rings is 1. The summed E-state index contributed by atoms with van der Waals surface area (Å²) in [5, 5.41) is 7.96. The fraction of sp³-hybridized carbons (Fsp3) is 0.500. The second-order valence-corrected chi connectivity index (χ2v) is 5.03. The summed E-state index contributed by atoms with van der Waals surface area (Å²) < 4.78 is 1.13. The Morgan fingerprint density at radius 2 is 2.40 bits per heavy atom. The van der Waals surface area contributed by atoms with Crippen LogP contribution in [-0.4, -0.2) is 19.5 Å². The van der Waals surface area contributed by atoms with E-state index in [1.165, 1.54) is 4.88 Å². The number of rotatable bonds is 5. The van der Waals surface area contributed by atoms with E-state index in [4.69, 9.17) is 0 Å². The molecule has 0 aliphatic heterocycles. The van der Waals surface area contributed by atoms with Gasteiger partial charge in [-0.15, -0.1) is 11.3 Å². The average Bonchev–Trinajstić information content (AvgIpc) is 2.64. The van der Waals surface area contributed by atoms with Gasteiger partial charge in [-0.2, -0.15) is 0 Å². The van der Waals surface area contributed by atoms with Gasteiger partial charge in [-0.25, -0.2) is 0 Å². The van der Waals surface area contributed by atoms with E-state index in [1.54, 1.807) is 18.4 Å². The quantitative estimate of drug-likeness (QED) is 0.874. The molecule has 0 radical (unpaired) electrons. The zero-order valence-corrected chi connectivity index (χ0v) is 11.2. The molecule has 0 aromatic carbocycles. The smallest absolute Gasteiger partial charge is 0.221 e. The van der Waals surface area contributed by atoms with Gasteiger partial charge < -0.3 is 10.6 Å². The molecular formula is C10H15BrN2OS. The van der Waals surface area contributed by atoms with Gasteiger partial charge in [0.15, 0.2) is 0 Å². The number of halogens is 1. The normalized spacial score (nSPS) is 12.5. The molecule has 1 atom stereocenters. The largest absolute Gasteiger partial charge is 0.359 e. The van der Waals surface area contributed by atoms with Crippen LogP contribution in [0.15, 0.2) is 15.9 Å². The Balaban J connectivity index is 2.34. The number of carbonyl (C=O) groups excluding carboxylic acids is 1. The maximum atomic E-state index is 11.0. The molecule has 0 spiro atoms. The second kappa shape index (κ2) is 6.25. The van der Waals surface area contributed by atoms with Crippen molar-refractivity contribution in [2.75, 3.05) is 13.6 Å². The summed E-state index contributed by atoms with van der Waals surface area (Å²) in [7, 11) is 1.65. The summed E-state index contributed by atoms with van der Waals surface area (Å²) in [6.07, 6.45) is 0.518. The lowest BCUT2D eigenvalue weighted by molar-refractivity contribution is -0.120. The van der Waals surface area contributed by atoms with Crippen molar-refractivity contribution in [2.45, 2.75) is 19.4 Å². The van der Waals surface area contributed by atoms with E-state index in [-0.39, 0.29) is 11.9 Å². The predicted molar refractivity (Wildman–Crippen MR) is 67.1 cm³/mol. The molecule has 0 saturated heterocycles. The predicted octanol–water partition coefficient (Wildman–Crippen LogP) is 2.30. The van der Waals surface area contributed by atoms with Gasteiger partial charge in [0.1, 0.15) is 0 Å². The van der Waals surface area contributed by atoms with Gasteiger partial charge in [0.2, 0.25) is 5.91 Å². The van der Waals surface area contributed by atoms with Crippen LogP contribution in [0.2, 0.25) is 0 Å². The topological polar surface area (TPSA) is 41.1 Å². The molecule has 84 valence electrons. The first-order valence-corrected chi connectivity index (χ1v) is 6.49. The summed E-state index contributed by atoms with van der Waals surface area (Å²) in [4.78, 5) is 12.3. The summed E-state index contributed by atoms with van der Waals surface area (Å²) in [5.74, 6) is 0.0694. The monoisotopic (exact) mass is 290 g/mol. The Labute approximate surface area is 102 Å². The van der Waals surface area contributed by atoms with Gasteiger partial charge in [0.25, 0.3) is 0 Å². The van der Waals surface area contributed by atoms with Crippen molar-refractivity contribution in [3.63, 3.8) is 0 Å². The molecule has 0 aliphatic carbocycles. The summed E-state index contributed by atoms with van der Waals surface area (Å²) >= 11 is 5.20. The zero-order valence-electron chi connectivity index (χ0n) is 8.84. The molecule has 0 saturated carbocycles. The number of hydrogen-bond donors (Lipinski definition) is 2. The molecule has 15 heavy (non-hydrogen) atoms. The van der Waals surface area contributed by atoms with Gasteiger partial charge in [0, 0.05) is 35.4 Å². The standard InChI is InChI=1S/C10H15BrN2OS/c1-7(10-8(11)4-6-15-10)13-5-3-9(14)12-2/h4,6-7,13H,3,5H2,1-2H3,(H,12,14). The summed E-state index contributed by atoms with van der Waals surface area (Å²) in [6.45, 7) is 2.80. The fourth-order valence-corrected chi connectivity index (χ4v) is 2.98. The third kappa shape index (κ3) is 3.93. The first-order chi connectivity index (χ1) is 7.15.